The maximum absolute atomic E-state index is 13.7. The van der Waals surface area contributed by atoms with Crippen LogP contribution in [0.25, 0.3) is 17.1 Å². The van der Waals surface area contributed by atoms with E-state index in [1.807, 2.05) is 0 Å². The lowest BCUT2D eigenvalue weighted by atomic mass is 10.2. The molecule has 0 amide bonds. The molecule has 3 aromatic heterocycles. The van der Waals surface area contributed by atoms with Crippen molar-refractivity contribution >= 4 is 0 Å². The average Bonchev–Trinajstić information content (AvgIpc) is 3.34. The van der Waals surface area contributed by atoms with Crippen LogP contribution < -0.4 is 0 Å². The van der Waals surface area contributed by atoms with Gasteiger partial charge in [-0.3, -0.25) is 4.68 Å². The molecule has 28 heavy (non-hydrogen) atoms. The molecule has 0 N–H and O–H groups in total. The summed E-state index contributed by atoms with van der Waals surface area (Å²) in [5.41, 5.74) is -0.611. The third kappa shape index (κ3) is 3.38. The van der Waals surface area contributed by atoms with Gasteiger partial charge in [0.1, 0.15) is 5.82 Å². The van der Waals surface area contributed by atoms with Crippen molar-refractivity contribution in [2.45, 2.75) is 12.6 Å². The van der Waals surface area contributed by atoms with Crippen LogP contribution in [-0.2, 0) is 19.6 Å². The Hall–Kier alpha value is -3.50. The molecule has 0 unspecified atom stereocenters. The van der Waals surface area contributed by atoms with Crippen LogP contribution in [0, 0.1) is 5.82 Å². The van der Waals surface area contributed by atoms with E-state index < -0.39 is 17.7 Å². The lowest BCUT2D eigenvalue weighted by Crippen LogP contribution is -2.14. The summed E-state index contributed by atoms with van der Waals surface area (Å²) < 4.78 is 61.5. The summed E-state index contributed by atoms with van der Waals surface area (Å²) in [4.78, 5) is 4.05. The predicted molar refractivity (Wildman–Crippen MR) is 87.8 cm³/mol. The summed E-state index contributed by atoms with van der Waals surface area (Å²) in [5, 5.41) is 11.5. The number of aryl methyl sites for hydroxylation is 1. The van der Waals surface area contributed by atoms with E-state index in [1.54, 1.807) is 24.1 Å². The molecule has 0 fully saturated rings. The number of nitrogens with zero attached hydrogens (tertiary/aromatic N) is 6. The van der Waals surface area contributed by atoms with Crippen molar-refractivity contribution in [1.29, 1.82) is 0 Å². The molecule has 0 aliphatic carbocycles. The highest BCUT2D eigenvalue weighted by Crippen LogP contribution is 2.37. The molecule has 0 bridgehead atoms. The van der Waals surface area contributed by atoms with Crippen LogP contribution in [0.5, 0.6) is 0 Å². The van der Waals surface area contributed by atoms with Crippen LogP contribution in [0.3, 0.4) is 0 Å². The normalized spacial score (nSPS) is 11.9. The molecule has 0 atom stereocenters. The lowest BCUT2D eigenvalue weighted by Gasteiger charge is -2.11. The van der Waals surface area contributed by atoms with Gasteiger partial charge >= 0.3 is 6.18 Å². The van der Waals surface area contributed by atoms with E-state index in [1.165, 1.54) is 12.1 Å². The molecular formula is C17H12F4N6O. The molecule has 0 saturated carbocycles. The molecule has 7 nitrogen and oxygen atoms in total. The Labute approximate surface area is 155 Å². The van der Waals surface area contributed by atoms with Gasteiger partial charge in [-0.1, -0.05) is 5.16 Å². The van der Waals surface area contributed by atoms with E-state index in [0.29, 0.717) is 4.68 Å². The van der Waals surface area contributed by atoms with Crippen molar-refractivity contribution in [2.24, 2.45) is 7.05 Å². The second-order valence-electron chi connectivity index (χ2n) is 6.01. The number of halogens is 4. The molecule has 0 spiro atoms. The summed E-state index contributed by atoms with van der Waals surface area (Å²) in [6, 6.07) is 4.50. The topological polar surface area (TPSA) is 74.6 Å². The fourth-order valence-electron chi connectivity index (χ4n) is 2.74. The summed E-state index contributed by atoms with van der Waals surface area (Å²) in [6.45, 7) is 0. The second kappa shape index (κ2) is 6.59. The Bertz CT molecular complexity index is 1110. The molecule has 0 radical (unpaired) electrons. The molecule has 0 saturated heterocycles. The summed E-state index contributed by atoms with van der Waals surface area (Å²) in [5.74, 6) is -0.660. The predicted octanol–water partition coefficient (Wildman–Crippen LogP) is 3.40. The van der Waals surface area contributed by atoms with Gasteiger partial charge in [-0.05, 0) is 29.8 Å². The SMILES string of the molecule is Cn1cc(Cc2noc(-c3cnn(-c4ccc(F)cc4)c3C(F)(F)F)n2)cn1. The van der Waals surface area contributed by atoms with Crippen LogP contribution in [-0.4, -0.2) is 29.7 Å². The van der Waals surface area contributed by atoms with E-state index in [2.05, 4.69) is 20.3 Å². The average molecular weight is 392 g/mol. The Morgan fingerprint density at radius 1 is 1.07 bits per heavy atom. The molecule has 4 rings (SSSR count). The Morgan fingerprint density at radius 2 is 1.82 bits per heavy atom. The van der Waals surface area contributed by atoms with Crippen molar-refractivity contribution in [3.8, 4) is 17.1 Å². The molecule has 1 aromatic carbocycles. The second-order valence-corrected chi connectivity index (χ2v) is 6.01. The molecule has 11 heteroatoms. The molecule has 0 aliphatic rings. The van der Waals surface area contributed by atoms with E-state index in [0.717, 1.165) is 23.9 Å². The van der Waals surface area contributed by atoms with Gasteiger partial charge in [0.05, 0.1) is 23.6 Å². The summed E-state index contributed by atoms with van der Waals surface area (Å²) in [7, 11) is 1.74. The fourth-order valence-corrected chi connectivity index (χ4v) is 2.74. The maximum atomic E-state index is 13.7. The van der Waals surface area contributed by atoms with E-state index in [9.17, 15) is 17.6 Å². The minimum atomic E-state index is -4.75. The first-order valence-electron chi connectivity index (χ1n) is 8.03. The van der Waals surface area contributed by atoms with Gasteiger partial charge in [-0.15, -0.1) is 0 Å². The van der Waals surface area contributed by atoms with Gasteiger partial charge < -0.3 is 4.52 Å². The maximum Gasteiger partial charge on any atom is 0.434 e. The van der Waals surface area contributed by atoms with E-state index >= 15 is 0 Å². The third-order valence-corrected chi connectivity index (χ3v) is 3.93. The van der Waals surface area contributed by atoms with Crippen molar-refractivity contribution in [3.05, 3.63) is 65.8 Å². The minimum absolute atomic E-state index is 0.0510. The van der Waals surface area contributed by atoms with Gasteiger partial charge in [0, 0.05) is 19.7 Å². The highest BCUT2D eigenvalue weighted by molar-refractivity contribution is 5.58. The molecule has 3 heterocycles. The van der Waals surface area contributed by atoms with Crippen LogP contribution >= 0.6 is 0 Å². The van der Waals surface area contributed by atoms with Crippen molar-refractivity contribution in [1.82, 2.24) is 29.7 Å². The van der Waals surface area contributed by atoms with Crippen LogP contribution in [0.2, 0.25) is 0 Å². The van der Waals surface area contributed by atoms with Crippen LogP contribution in [0.4, 0.5) is 17.6 Å². The van der Waals surface area contributed by atoms with E-state index in [-0.39, 0.29) is 29.4 Å². The summed E-state index contributed by atoms with van der Waals surface area (Å²) in [6.07, 6.45) is -0.163. The fraction of sp³-hybridized carbons (Fsp3) is 0.176. The van der Waals surface area contributed by atoms with Crippen molar-refractivity contribution in [3.63, 3.8) is 0 Å². The molecule has 144 valence electrons. The third-order valence-electron chi connectivity index (χ3n) is 3.93. The largest absolute Gasteiger partial charge is 0.434 e. The highest BCUT2D eigenvalue weighted by atomic mass is 19.4. The Balaban J connectivity index is 1.73. The quantitative estimate of drug-likeness (QED) is 0.498. The van der Waals surface area contributed by atoms with E-state index in [4.69, 9.17) is 4.52 Å². The zero-order valence-electron chi connectivity index (χ0n) is 14.4. The number of hydrogen-bond acceptors (Lipinski definition) is 5. The number of aromatic nitrogens is 6. The number of benzene rings is 1. The molecule has 0 aliphatic heterocycles. The standard InChI is InChI=1S/C17H12F4N6O/c1-26-9-10(7-22-26)6-14-24-16(28-25-14)13-8-23-27(15(13)17(19,20)21)12-4-2-11(18)3-5-12/h2-5,7-9H,6H2,1H3. The first-order valence-corrected chi connectivity index (χ1v) is 8.03. The van der Waals surface area contributed by atoms with Gasteiger partial charge in [-0.2, -0.15) is 28.4 Å². The first-order chi connectivity index (χ1) is 13.3. The first kappa shape index (κ1) is 17.9. The monoisotopic (exact) mass is 392 g/mol. The Kier molecular flexibility index (Phi) is 4.21. The van der Waals surface area contributed by atoms with Crippen LogP contribution in [0.15, 0.2) is 47.4 Å². The van der Waals surface area contributed by atoms with Gasteiger partial charge in [-0.25, -0.2) is 9.07 Å². The highest BCUT2D eigenvalue weighted by Gasteiger charge is 2.40. The lowest BCUT2D eigenvalue weighted by molar-refractivity contribution is -0.142. The number of alkyl halides is 3. The number of hydrogen-bond donors (Lipinski definition) is 0. The minimum Gasteiger partial charge on any atom is -0.334 e. The van der Waals surface area contributed by atoms with Crippen molar-refractivity contribution in [2.75, 3.05) is 0 Å². The van der Waals surface area contributed by atoms with Crippen LogP contribution in [0.1, 0.15) is 17.1 Å². The zero-order chi connectivity index (χ0) is 19.9. The van der Waals surface area contributed by atoms with Gasteiger partial charge in [0.25, 0.3) is 5.89 Å². The van der Waals surface area contributed by atoms with Crippen molar-refractivity contribution < 1.29 is 22.1 Å². The number of rotatable bonds is 4. The smallest absolute Gasteiger partial charge is 0.334 e. The molecular weight excluding hydrogens is 380 g/mol. The summed E-state index contributed by atoms with van der Waals surface area (Å²) >= 11 is 0. The Morgan fingerprint density at radius 3 is 2.46 bits per heavy atom. The van der Waals surface area contributed by atoms with Gasteiger partial charge in [0.15, 0.2) is 11.5 Å². The molecule has 4 aromatic rings. The zero-order valence-corrected chi connectivity index (χ0v) is 14.4. The van der Waals surface area contributed by atoms with Gasteiger partial charge in [0.2, 0.25) is 0 Å².